The Balaban J connectivity index is 1.61. The second-order valence-electron chi connectivity index (χ2n) is 6.96. The molecule has 8 nitrogen and oxygen atoms in total. The van der Waals surface area contributed by atoms with Crippen LogP contribution in [0.25, 0.3) is 5.69 Å². The lowest BCUT2D eigenvalue weighted by molar-refractivity contribution is 0.0683. The summed E-state index contributed by atoms with van der Waals surface area (Å²) < 4.78 is 6.85. The summed E-state index contributed by atoms with van der Waals surface area (Å²) in [6.45, 7) is 4.84. The number of aromatic nitrogens is 5. The van der Waals surface area contributed by atoms with Crippen LogP contribution in [0.2, 0.25) is 10.0 Å². The minimum absolute atomic E-state index is 0.0136. The number of nitrogens with zero attached hydrogens (tertiary/aromatic N) is 6. The zero-order chi connectivity index (χ0) is 20.5. The van der Waals surface area contributed by atoms with Crippen LogP contribution in [0.15, 0.2) is 22.7 Å². The fourth-order valence-corrected chi connectivity index (χ4v) is 4.08. The van der Waals surface area contributed by atoms with Crippen molar-refractivity contribution in [1.29, 1.82) is 0 Å². The molecule has 0 bridgehead atoms. The first-order valence-corrected chi connectivity index (χ1v) is 10.2. The highest BCUT2D eigenvalue weighted by Crippen LogP contribution is 2.30. The number of hydrogen-bond acceptors (Lipinski definition) is 6. The Labute approximate surface area is 177 Å². The molecule has 1 aliphatic rings. The van der Waals surface area contributed by atoms with Crippen LogP contribution in [-0.2, 0) is 6.42 Å². The molecule has 1 unspecified atom stereocenters. The molecule has 1 saturated heterocycles. The minimum atomic E-state index is -0.234. The maximum Gasteiger partial charge on any atom is 0.293 e. The van der Waals surface area contributed by atoms with Crippen molar-refractivity contribution in [2.45, 2.75) is 39.0 Å². The summed E-state index contributed by atoms with van der Waals surface area (Å²) in [5, 5.41) is 9.19. The molecule has 29 heavy (non-hydrogen) atoms. The molecule has 3 aromatic rings. The van der Waals surface area contributed by atoms with Gasteiger partial charge in [0.1, 0.15) is 11.5 Å². The number of carbonyl (C=O) groups excluding carboxylic acids is 1. The van der Waals surface area contributed by atoms with Crippen molar-refractivity contribution in [3.63, 3.8) is 0 Å². The van der Waals surface area contributed by atoms with Gasteiger partial charge in [0.2, 0.25) is 11.7 Å². The lowest BCUT2D eigenvalue weighted by Crippen LogP contribution is -2.39. The van der Waals surface area contributed by atoms with Crippen molar-refractivity contribution in [2.75, 3.05) is 13.1 Å². The molecule has 1 amide bonds. The van der Waals surface area contributed by atoms with Crippen molar-refractivity contribution >= 4 is 29.1 Å². The molecule has 10 heteroatoms. The van der Waals surface area contributed by atoms with E-state index in [1.165, 1.54) is 0 Å². The largest absolute Gasteiger partial charge is 0.339 e. The first-order chi connectivity index (χ1) is 14.0. The van der Waals surface area contributed by atoms with E-state index in [2.05, 4.69) is 20.2 Å². The Morgan fingerprint density at radius 1 is 1.28 bits per heavy atom. The predicted molar refractivity (Wildman–Crippen MR) is 108 cm³/mol. The Hall–Kier alpha value is -2.45. The summed E-state index contributed by atoms with van der Waals surface area (Å²) in [5.41, 5.74) is 0.525. The van der Waals surface area contributed by atoms with E-state index < -0.39 is 0 Å². The fourth-order valence-electron chi connectivity index (χ4n) is 3.52. The van der Waals surface area contributed by atoms with Gasteiger partial charge in [-0.25, -0.2) is 9.67 Å². The van der Waals surface area contributed by atoms with Gasteiger partial charge in [0, 0.05) is 19.5 Å². The topological polar surface area (TPSA) is 89.9 Å². The molecule has 0 N–H and O–H groups in total. The number of para-hydroxylation sites is 1. The smallest absolute Gasteiger partial charge is 0.293 e. The van der Waals surface area contributed by atoms with E-state index >= 15 is 0 Å². The molecule has 0 spiro atoms. The van der Waals surface area contributed by atoms with Crippen LogP contribution in [0.1, 0.15) is 53.8 Å². The summed E-state index contributed by atoms with van der Waals surface area (Å²) in [6.07, 6.45) is 2.31. The Bertz CT molecular complexity index is 1030. The highest BCUT2D eigenvalue weighted by molar-refractivity contribution is 6.37. The lowest BCUT2D eigenvalue weighted by Gasteiger charge is -2.30. The normalized spacial score (nSPS) is 17.0. The minimum Gasteiger partial charge on any atom is -0.339 e. The third-order valence-electron chi connectivity index (χ3n) is 4.93. The highest BCUT2D eigenvalue weighted by atomic mass is 35.5. The lowest BCUT2D eigenvalue weighted by atomic mass is 9.98. The number of rotatable bonds is 4. The number of aryl methyl sites for hydroxylation is 2. The first kappa shape index (κ1) is 19.8. The summed E-state index contributed by atoms with van der Waals surface area (Å²) >= 11 is 12.7. The van der Waals surface area contributed by atoms with E-state index in [1.807, 2.05) is 6.92 Å². The molecule has 0 radical (unpaired) electrons. The molecule has 1 aromatic carbocycles. The van der Waals surface area contributed by atoms with Crippen LogP contribution in [0.3, 0.4) is 0 Å². The van der Waals surface area contributed by atoms with Crippen LogP contribution in [-0.4, -0.2) is 48.8 Å². The third kappa shape index (κ3) is 3.86. The SMILES string of the molecule is CCc1nc(C(=O)N2CCCC(c3nc(C)no3)C2)nn1-c1c(Cl)cccc1Cl. The second kappa shape index (κ2) is 8.12. The van der Waals surface area contributed by atoms with Gasteiger partial charge in [0.25, 0.3) is 5.91 Å². The van der Waals surface area contributed by atoms with E-state index in [9.17, 15) is 4.79 Å². The Kier molecular flexibility index (Phi) is 5.56. The molecule has 1 fully saturated rings. The molecule has 1 atom stereocenters. The van der Waals surface area contributed by atoms with Crippen molar-refractivity contribution in [2.24, 2.45) is 0 Å². The summed E-state index contributed by atoms with van der Waals surface area (Å²) in [5.74, 6) is 1.68. The number of carbonyl (C=O) groups is 1. The quantitative estimate of drug-likeness (QED) is 0.619. The van der Waals surface area contributed by atoms with Crippen LogP contribution in [0.4, 0.5) is 0 Å². The standard InChI is InChI=1S/C19H20Cl2N6O2/c1-3-15-23-17(24-27(15)16-13(20)7-4-8-14(16)21)19(28)26-9-5-6-12(10-26)18-22-11(2)25-29-18/h4,7-8,12H,3,5-6,9-10H2,1-2H3. The van der Waals surface area contributed by atoms with E-state index in [4.69, 9.17) is 27.7 Å². The van der Waals surface area contributed by atoms with Crippen LogP contribution >= 0.6 is 23.2 Å². The van der Waals surface area contributed by atoms with Gasteiger partial charge in [0.15, 0.2) is 5.82 Å². The monoisotopic (exact) mass is 434 g/mol. The van der Waals surface area contributed by atoms with E-state index in [1.54, 1.807) is 34.7 Å². The zero-order valence-corrected chi connectivity index (χ0v) is 17.6. The molecular formula is C19H20Cl2N6O2. The average Bonchev–Trinajstić information content (AvgIpc) is 3.34. The van der Waals surface area contributed by atoms with Gasteiger partial charge in [-0.15, -0.1) is 5.10 Å². The number of halogens is 2. The first-order valence-electron chi connectivity index (χ1n) is 9.47. The van der Waals surface area contributed by atoms with Crippen molar-refractivity contribution in [3.8, 4) is 5.69 Å². The molecule has 4 rings (SSSR count). The average molecular weight is 435 g/mol. The van der Waals surface area contributed by atoms with Gasteiger partial charge in [-0.05, 0) is 31.9 Å². The Morgan fingerprint density at radius 2 is 2.03 bits per heavy atom. The van der Waals surface area contributed by atoms with Gasteiger partial charge < -0.3 is 9.42 Å². The highest BCUT2D eigenvalue weighted by Gasteiger charge is 2.31. The summed E-state index contributed by atoms with van der Waals surface area (Å²) in [4.78, 5) is 23.6. The molecule has 0 saturated carbocycles. The molecule has 152 valence electrons. The number of piperidine rings is 1. The maximum absolute atomic E-state index is 13.1. The van der Waals surface area contributed by atoms with Gasteiger partial charge in [0.05, 0.1) is 16.0 Å². The second-order valence-corrected chi connectivity index (χ2v) is 7.77. The summed E-state index contributed by atoms with van der Waals surface area (Å²) in [7, 11) is 0. The van der Waals surface area contributed by atoms with Crippen molar-refractivity contribution in [1.82, 2.24) is 29.8 Å². The molecule has 3 heterocycles. The van der Waals surface area contributed by atoms with E-state index in [-0.39, 0.29) is 17.6 Å². The number of benzene rings is 1. The number of hydrogen-bond donors (Lipinski definition) is 0. The molecule has 0 aliphatic carbocycles. The number of amides is 1. The van der Waals surface area contributed by atoms with Gasteiger partial charge >= 0.3 is 0 Å². The molecule has 2 aromatic heterocycles. The van der Waals surface area contributed by atoms with Gasteiger partial charge in [-0.1, -0.05) is 41.3 Å². The van der Waals surface area contributed by atoms with Crippen LogP contribution < -0.4 is 0 Å². The predicted octanol–water partition coefficient (Wildman–Crippen LogP) is 3.85. The van der Waals surface area contributed by atoms with E-state index in [0.717, 1.165) is 12.8 Å². The maximum atomic E-state index is 13.1. The van der Waals surface area contributed by atoms with Crippen LogP contribution in [0.5, 0.6) is 0 Å². The Morgan fingerprint density at radius 3 is 2.69 bits per heavy atom. The third-order valence-corrected chi connectivity index (χ3v) is 5.54. The fraction of sp³-hybridized carbons (Fsp3) is 0.421. The van der Waals surface area contributed by atoms with Crippen LogP contribution in [0, 0.1) is 6.92 Å². The summed E-state index contributed by atoms with van der Waals surface area (Å²) in [6, 6.07) is 5.22. The van der Waals surface area contributed by atoms with Gasteiger partial charge in [-0.3, -0.25) is 4.79 Å². The van der Waals surface area contributed by atoms with E-state index in [0.29, 0.717) is 52.8 Å². The van der Waals surface area contributed by atoms with Gasteiger partial charge in [-0.2, -0.15) is 4.98 Å². The number of likely N-dealkylation sites (tertiary alicyclic amines) is 1. The molecular weight excluding hydrogens is 415 g/mol. The zero-order valence-electron chi connectivity index (χ0n) is 16.1. The van der Waals surface area contributed by atoms with Crippen molar-refractivity contribution in [3.05, 3.63) is 51.6 Å². The van der Waals surface area contributed by atoms with Crippen molar-refractivity contribution < 1.29 is 9.32 Å². The molecule has 1 aliphatic heterocycles.